The molecule has 0 aromatic heterocycles. The molecule has 4 rings (SSSR count). The molecule has 0 bridgehead atoms. The van der Waals surface area contributed by atoms with E-state index < -0.39 is 6.10 Å². The molecule has 3 nitrogen and oxygen atoms in total. The average molecular weight is 373 g/mol. The Labute approximate surface area is 166 Å². The smallest absolute Gasteiger partial charge is 0.265 e. The molecule has 1 atom stereocenters. The fraction of sp³-hybridized carbons (Fsp3) is 0.320. The summed E-state index contributed by atoms with van der Waals surface area (Å²) in [5.41, 5.74) is 5.84. The Morgan fingerprint density at radius 2 is 1.75 bits per heavy atom. The van der Waals surface area contributed by atoms with E-state index in [0.717, 1.165) is 40.8 Å². The first-order valence-corrected chi connectivity index (χ1v) is 10.1. The van der Waals surface area contributed by atoms with Gasteiger partial charge in [0.05, 0.1) is 0 Å². The lowest BCUT2D eigenvalue weighted by Crippen LogP contribution is -2.30. The first-order chi connectivity index (χ1) is 13.4. The fourth-order valence-corrected chi connectivity index (χ4v) is 4.05. The lowest BCUT2D eigenvalue weighted by Gasteiger charge is -2.20. The molecule has 0 spiro atoms. The standard InChI is InChI=1S/C25H27NO2/c1-15(2)20-12-8-16(3)14-23(20)28-17(4)25(27)26-22-13-11-19-10-9-18-6-5-7-21(22)24(18)19/h5-8,11-15,17H,9-10H2,1-4H3,(H,26,27). The Hall–Kier alpha value is -2.81. The molecule has 0 heterocycles. The van der Waals surface area contributed by atoms with Crippen molar-refractivity contribution in [1.29, 1.82) is 0 Å². The SMILES string of the molecule is Cc1ccc(C(C)C)c(OC(C)C(=O)Nc2ccc3c4c(cccc24)CC3)c1. The van der Waals surface area contributed by atoms with Crippen molar-refractivity contribution in [2.75, 3.05) is 5.32 Å². The minimum absolute atomic E-state index is 0.130. The van der Waals surface area contributed by atoms with Crippen molar-refractivity contribution < 1.29 is 9.53 Å². The number of hydrogen-bond acceptors (Lipinski definition) is 2. The zero-order valence-electron chi connectivity index (χ0n) is 17.0. The molecular weight excluding hydrogens is 346 g/mol. The lowest BCUT2D eigenvalue weighted by molar-refractivity contribution is -0.122. The van der Waals surface area contributed by atoms with Crippen LogP contribution in [0.4, 0.5) is 5.69 Å². The molecule has 1 N–H and O–H groups in total. The summed E-state index contributed by atoms with van der Waals surface area (Å²) in [4.78, 5) is 12.9. The largest absolute Gasteiger partial charge is 0.481 e. The third-order valence-electron chi connectivity index (χ3n) is 5.60. The molecule has 0 saturated carbocycles. The highest BCUT2D eigenvalue weighted by Gasteiger charge is 2.20. The average Bonchev–Trinajstić information content (AvgIpc) is 3.08. The number of hydrogen-bond donors (Lipinski definition) is 1. The van der Waals surface area contributed by atoms with Crippen LogP contribution in [0.2, 0.25) is 0 Å². The van der Waals surface area contributed by atoms with Crippen molar-refractivity contribution in [3.05, 3.63) is 70.8 Å². The number of amides is 1. The maximum atomic E-state index is 12.9. The van der Waals surface area contributed by atoms with Crippen LogP contribution in [0.3, 0.4) is 0 Å². The van der Waals surface area contributed by atoms with E-state index >= 15 is 0 Å². The number of carbonyl (C=O) groups excluding carboxylic acids is 1. The van der Waals surface area contributed by atoms with Gasteiger partial charge in [-0.15, -0.1) is 0 Å². The molecule has 1 aliphatic carbocycles. The predicted octanol–water partition coefficient (Wildman–Crippen LogP) is 5.78. The van der Waals surface area contributed by atoms with Crippen LogP contribution in [-0.4, -0.2) is 12.0 Å². The van der Waals surface area contributed by atoms with Crippen molar-refractivity contribution in [3.63, 3.8) is 0 Å². The van der Waals surface area contributed by atoms with E-state index in [1.54, 1.807) is 0 Å². The van der Waals surface area contributed by atoms with Gasteiger partial charge in [0.2, 0.25) is 0 Å². The number of benzene rings is 3. The van der Waals surface area contributed by atoms with Crippen LogP contribution in [0, 0.1) is 6.92 Å². The molecule has 1 amide bonds. The molecule has 0 fully saturated rings. The van der Waals surface area contributed by atoms with E-state index in [9.17, 15) is 4.79 Å². The highest BCUT2D eigenvalue weighted by atomic mass is 16.5. The summed E-state index contributed by atoms with van der Waals surface area (Å²) in [7, 11) is 0. The monoisotopic (exact) mass is 373 g/mol. The van der Waals surface area contributed by atoms with Gasteiger partial charge in [-0.05, 0) is 72.4 Å². The van der Waals surface area contributed by atoms with Crippen molar-refractivity contribution in [2.45, 2.75) is 52.6 Å². The summed E-state index contributed by atoms with van der Waals surface area (Å²) in [6.45, 7) is 8.11. The molecule has 3 heteroatoms. The summed E-state index contributed by atoms with van der Waals surface area (Å²) in [6.07, 6.45) is 1.58. The highest BCUT2D eigenvalue weighted by Crippen LogP contribution is 2.35. The summed E-state index contributed by atoms with van der Waals surface area (Å²) in [5, 5.41) is 5.50. The maximum Gasteiger partial charge on any atom is 0.265 e. The Morgan fingerprint density at radius 3 is 2.50 bits per heavy atom. The number of nitrogens with one attached hydrogen (secondary N) is 1. The lowest BCUT2D eigenvalue weighted by atomic mass is 10.0. The summed E-state index contributed by atoms with van der Waals surface area (Å²) in [5.74, 6) is 0.996. The van der Waals surface area contributed by atoms with E-state index in [2.05, 4.69) is 55.6 Å². The summed E-state index contributed by atoms with van der Waals surface area (Å²) in [6, 6.07) is 16.7. The van der Waals surface area contributed by atoms with Crippen molar-refractivity contribution in [1.82, 2.24) is 0 Å². The van der Waals surface area contributed by atoms with Gasteiger partial charge in [-0.2, -0.15) is 0 Å². The second kappa shape index (κ2) is 7.31. The van der Waals surface area contributed by atoms with Crippen LogP contribution < -0.4 is 10.1 Å². The number of ether oxygens (including phenoxy) is 1. The van der Waals surface area contributed by atoms with Gasteiger partial charge in [-0.25, -0.2) is 0 Å². The van der Waals surface area contributed by atoms with Gasteiger partial charge in [-0.1, -0.05) is 50.2 Å². The van der Waals surface area contributed by atoms with E-state index in [-0.39, 0.29) is 5.91 Å². The summed E-state index contributed by atoms with van der Waals surface area (Å²) >= 11 is 0. The molecule has 0 saturated heterocycles. The second-order valence-corrected chi connectivity index (χ2v) is 8.06. The first kappa shape index (κ1) is 18.5. The predicted molar refractivity (Wildman–Crippen MR) is 115 cm³/mol. The van der Waals surface area contributed by atoms with Crippen LogP contribution in [0.15, 0.2) is 48.5 Å². The number of carbonyl (C=O) groups is 1. The number of anilines is 1. The Morgan fingerprint density at radius 1 is 1.00 bits per heavy atom. The third-order valence-corrected chi connectivity index (χ3v) is 5.60. The van der Waals surface area contributed by atoms with Crippen LogP contribution in [-0.2, 0) is 17.6 Å². The number of rotatable bonds is 5. The van der Waals surface area contributed by atoms with E-state index in [0.29, 0.717) is 5.92 Å². The minimum atomic E-state index is -0.581. The normalized spacial score (nSPS) is 13.8. The maximum absolute atomic E-state index is 12.9. The van der Waals surface area contributed by atoms with Gasteiger partial charge in [0.1, 0.15) is 5.75 Å². The van der Waals surface area contributed by atoms with Crippen molar-refractivity contribution in [3.8, 4) is 5.75 Å². The Balaban J connectivity index is 1.57. The van der Waals surface area contributed by atoms with Gasteiger partial charge < -0.3 is 10.1 Å². The van der Waals surface area contributed by atoms with Crippen molar-refractivity contribution in [2.24, 2.45) is 0 Å². The van der Waals surface area contributed by atoms with Crippen LogP contribution >= 0.6 is 0 Å². The van der Waals surface area contributed by atoms with Crippen LogP contribution in [0.1, 0.15) is 48.9 Å². The quantitative estimate of drug-likeness (QED) is 0.616. The van der Waals surface area contributed by atoms with E-state index in [4.69, 9.17) is 4.74 Å². The third kappa shape index (κ3) is 3.37. The zero-order valence-corrected chi connectivity index (χ0v) is 17.0. The van der Waals surface area contributed by atoms with Crippen molar-refractivity contribution >= 4 is 22.4 Å². The number of aryl methyl sites for hydroxylation is 3. The van der Waals surface area contributed by atoms with E-state index in [1.165, 1.54) is 16.5 Å². The van der Waals surface area contributed by atoms with Gasteiger partial charge >= 0.3 is 0 Å². The molecule has 144 valence electrons. The molecule has 3 aromatic carbocycles. The first-order valence-electron chi connectivity index (χ1n) is 10.1. The fourth-order valence-electron chi connectivity index (χ4n) is 4.05. The molecule has 28 heavy (non-hydrogen) atoms. The molecule has 3 aromatic rings. The minimum Gasteiger partial charge on any atom is -0.481 e. The summed E-state index contributed by atoms with van der Waals surface area (Å²) < 4.78 is 6.08. The molecule has 1 aliphatic rings. The topological polar surface area (TPSA) is 38.3 Å². The van der Waals surface area contributed by atoms with Gasteiger partial charge in [0.15, 0.2) is 6.10 Å². The molecule has 0 radical (unpaired) electrons. The molecule has 0 aliphatic heterocycles. The van der Waals surface area contributed by atoms with Crippen LogP contribution in [0.25, 0.3) is 10.8 Å². The van der Waals surface area contributed by atoms with Crippen LogP contribution in [0.5, 0.6) is 5.75 Å². The van der Waals surface area contributed by atoms with E-state index in [1.807, 2.05) is 26.0 Å². The molecule has 1 unspecified atom stereocenters. The van der Waals surface area contributed by atoms with Gasteiger partial charge in [0, 0.05) is 11.1 Å². The Bertz CT molecular complexity index is 1040. The molecular formula is C25H27NO2. The highest BCUT2D eigenvalue weighted by molar-refractivity contribution is 6.06. The Kier molecular flexibility index (Phi) is 4.84. The zero-order chi connectivity index (χ0) is 19.8. The van der Waals surface area contributed by atoms with Gasteiger partial charge in [0.25, 0.3) is 5.91 Å². The van der Waals surface area contributed by atoms with Gasteiger partial charge in [-0.3, -0.25) is 4.79 Å². The second-order valence-electron chi connectivity index (χ2n) is 8.06.